The molecule has 0 bridgehead atoms. The maximum Gasteiger partial charge on any atom is 0.162 e. The Bertz CT molecular complexity index is 1110. The van der Waals surface area contributed by atoms with E-state index >= 15 is 0 Å². The third-order valence-electron chi connectivity index (χ3n) is 5.92. The van der Waals surface area contributed by atoms with E-state index in [1.54, 1.807) is 0 Å². The molecule has 0 atom stereocenters. The number of piperidine rings is 1. The van der Waals surface area contributed by atoms with Crippen molar-refractivity contribution in [3.05, 3.63) is 78.9 Å². The quantitative estimate of drug-likeness (QED) is 0.424. The molecule has 144 valence electrons. The molecule has 29 heavy (non-hydrogen) atoms. The fourth-order valence-corrected chi connectivity index (χ4v) is 4.09. The number of hydrogen-bond acceptors (Lipinski definition) is 3. The molecular weight excluding hydrogens is 354 g/mol. The molecule has 5 rings (SSSR count). The van der Waals surface area contributed by atoms with Crippen molar-refractivity contribution in [2.75, 3.05) is 18.0 Å². The van der Waals surface area contributed by atoms with Crippen molar-refractivity contribution in [2.24, 2.45) is 5.92 Å². The van der Waals surface area contributed by atoms with Crippen LogP contribution in [0.5, 0.6) is 0 Å². The van der Waals surface area contributed by atoms with Crippen LogP contribution in [0.15, 0.2) is 78.9 Å². The Kier molecular flexibility index (Phi) is 4.73. The van der Waals surface area contributed by atoms with Gasteiger partial charge in [0.2, 0.25) is 0 Å². The van der Waals surface area contributed by atoms with E-state index in [9.17, 15) is 0 Å². The average Bonchev–Trinajstić information content (AvgIpc) is 2.80. The van der Waals surface area contributed by atoms with Gasteiger partial charge in [0.25, 0.3) is 0 Å². The summed E-state index contributed by atoms with van der Waals surface area (Å²) >= 11 is 0. The SMILES string of the molecule is CC1CCN(c2nc(-c3ccc(-c4ccccc4)cc3)nc3ccccc23)CC1. The van der Waals surface area contributed by atoms with E-state index in [2.05, 4.69) is 84.6 Å². The van der Waals surface area contributed by atoms with Crippen LogP contribution in [-0.2, 0) is 0 Å². The molecule has 1 aromatic heterocycles. The van der Waals surface area contributed by atoms with Gasteiger partial charge in [-0.3, -0.25) is 0 Å². The van der Waals surface area contributed by atoms with Crippen molar-refractivity contribution < 1.29 is 0 Å². The largest absolute Gasteiger partial charge is 0.356 e. The molecule has 0 amide bonds. The minimum absolute atomic E-state index is 0.796. The fourth-order valence-electron chi connectivity index (χ4n) is 4.09. The third kappa shape index (κ3) is 3.61. The molecule has 1 aliphatic heterocycles. The van der Waals surface area contributed by atoms with Crippen LogP contribution in [0.1, 0.15) is 19.8 Å². The van der Waals surface area contributed by atoms with Gasteiger partial charge in [-0.05, 0) is 42.0 Å². The van der Waals surface area contributed by atoms with E-state index in [4.69, 9.17) is 9.97 Å². The Hall–Kier alpha value is -3.20. The van der Waals surface area contributed by atoms with Crippen LogP contribution in [-0.4, -0.2) is 23.1 Å². The predicted octanol–water partition coefficient (Wildman–Crippen LogP) is 6.20. The number of benzene rings is 3. The van der Waals surface area contributed by atoms with Crippen LogP contribution >= 0.6 is 0 Å². The normalized spacial score (nSPS) is 15.0. The summed E-state index contributed by atoms with van der Waals surface area (Å²) in [6.07, 6.45) is 2.44. The predicted molar refractivity (Wildman–Crippen MR) is 121 cm³/mol. The first kappa shape index (κ1) is 17.9. The van der Waals surface area contributed by atoms with Crippen LogP contribution in [0.3, 0.4) is 0 Å². The Morgan fingerprint density at radius 1 is 0.690 bits per heavy atom. The van der Waals surface area contributed by atoms with Crippen molar-refractivity contribution in [1.82, 2.24) is 9.97 Å². The number of hydrogen-bond donors (Lipinski definition) is 0. The van der Waals surface area contributed by atoms with E-state index in [1.165, 1.54) is 24.0 Å². The molecule has 3 aromatic carbocycles. The standard InChI is InChI=1S/C26H25N3/c1-19-15-17-29(18-16-19)26-23-9-5-6-10-24(23)27-25(28-26)22-13-11-21(12-14-22)20-7-3-2-4-8-20/h2-14,19H,15-18H2,1H3. The summed E-state index contributed by atoms with van der Waals surface area (Å²) in [5.74, 6) is 2.67. The monoisotopic (exact) mass is 379 g/mol. The summed E-state index contributed by atoms with van der Waals surface area (Å²) in [5.41, 5.74) is 4.50. The highest BCUT2D eigenvalue weighted by Gasteiger charge is 2.20. The van der Waals surface area contributed by atoms with Gasteiger partial charge in [0, 0.05) is 24.0 Å². The molecule has 1 saturated heterocycles. The molecule has 2 heterocycles. The van der Waals surface area contributed by atoms with E-state index in [0.29, 0.717) is 0 Å². The minimum Gasteiger partial charge on any atom is -0.356 e. The van der Waals surface area contributed by atoms with Gasteiger partial charge in [-0.1, -0.05) is 73.7 Å². The fraction of sp³-hybridized carbons (Fsp3) is 0.231. The molecule has 1 fully saturated rings. The number of aromatic nitrogens is 2. The van der Waals surface area contributed by atoms with Crippen LogP contribution in [0.2, 0.25) is 0 Å². The van der Waals surface area contributed by atoms with Crippen molar-refractivity contribution >= 4 is 16.7 Å². The topological polar surface area (TPSA) is 29.0 Å². The van der Waals surface area contributed by atoms with Crippen LogP contribution in [0.4, 0.5) is 5.82 Å². The summed E-state index contributed by atoms with van der Waals surface area (Å²) in [7, 11) is 0. The Balaban J connectivity index is 1.55. The molecule has 0 unspecified atom stereocenters. The van der Waals surface area contributed by atoms with Crippen LogP contribution in [0, 0.1) is 5.92 Å². The number of fused-ring (bicyclic) bond motifs is 1. The zero-order valence-electron chi connectivity index (χ0n) is 16.8. The lowest BCUT2D eigenvalue weighted by Crippen LogP contribution is -2.33. The molecule has 3 heteroatoms. The highest BCUT2D eigenvalue weighted by molar-refractivity contribution is 5.91. The number of nitrogens with zero attached hydrogens (tertiary/aromatic N) is 3. The van der Waals surface area contributed by atoms with Crippen molar-refractivity contribution in [2.45, 2.75) is 19.8 Å². The van der Waals surface area contributed by atoms with Gasteiger partial charge in [-0.2, -0.15) is 0 Å². The Labute approximate surface area is 172 Å². The first-order chi connectivity index (χ1) is 14.3. The molecule has 0 saturated carbocycles. The summed E-state index contributed by atoms with van der Waals surface area (Å²) in [6, 6.07) is 27.4. The summed E-state index contributed by atoms with van der Waals surface area (Å²) in [6.45, 7) is 4.47. The molecule has 0 radical (unpaired) electrons. The smallest absolute Gasteiger partial charge is 0.162 e. The lowest BCUT2D eigenvalue weighted by molar-refractivity contribution is 0.437. The molecule has 1 aliphatic rings. The van der Waals surface area contributed by atoms with Gasteiger partial charge in [0.05, 0.1) is 5.52 Å². The molecular formula is C26H25N3. The minimum atomic E-state index is 0.796. The molecule has 0 spiro atoms. The lowest BCUT2D eigenvalue weighted by atomic mass is 9.99. The van der Waals surface area contributed by atoms with Crippen LogP contribution in [0.25, 0.3) is 33.4 Å². The highest BCUT2D eigenvalue weighted by atomic mass is 15.2. The third-order valence-corrected chi connectivity index (χ3v) is 5.92. The Morgan fingerprint density at radius 2 is 1.31 bits per heavy atom. The van der Waals surface area contributed by atoms with Gasteiger partial charge in [0.15, 0.2) is 5.82 Å². The maximum absolute atomic E-state index is 5.04. The second kappa shape index (κ2) is 7.67. The van der Waals surface area contributed by atoms with E-state index in [-0.39, 0.29) is 0 Å². The van der Waals surface area contributed by atoms with Gasteiger partial charge in [-0.25, -0.2) is 9.97 Å². The van der Waals surface area contributed by atoms with E-state index in [0.717, 1.165) is 47.1 Å². The molecule has 3 nitrogen and oxygen atoms in total. The number of rotatable bonds is 3. The number of para-hydroxylation sites is 1. The molecule has 4 aromatic rings. The van der Waals surface area contributed by atoms with Crippen LogP contribution < -0.4 is 4.90 Å². The maximum atomic E-state index is 5.04. The van der Waals surface area contributed by atoms with Crippen molar-refractivity contribution in [1.29, 1.82) is 0 Å². The second-order valence-corrected chi connectivity index (χ2v) is 8.00. The van der Waals surface area contributed by atoms with Crippen molar-refractivity contribution in [3.8, 4) is 22.5 Å². The average molecular weight is 380 g/mol. The molecule has 0 N–H and O–H groups in total. The molecule has 0 aliphatic carbocycles. The zero-order valence-corrected chi connectivity index (χ0v) is 16.8. The van der Waals surface area contributed by atoms with E-state index in [1.807, 2.05) is 6.07 Å². The number of anilines is 1. The second-order valence-electron chi connectivity index (χ2n) is 8.00. The lowest BCUT2D eigenvalue weighted by Gasteiger charge is -2.32. The first-order valence-electron chi connectivity index (χ1n) is 10.5. The summed E-state index contributed by atoms with van der Waals surface area (Å²) in [4.78, 5) is 12.4. The van der Waals surface area contributed by atoms with E-state index < -0.39 is 0 Å². The van der Waals surface area contributed by atoms with Gasteiger partial charge < -0.3 is 4.90 Å². The van der Waals surface area contributed by atoms with Gasteiger partial charge in [0.1, 0.15) is 5.82 Å². The Morgan fingerprint density at radius 3 is 2.07 bits per heavy atom. The first-order valence-corrected chi connectivity index (χ1v) is 10.5. The van der Waals surface area contributed by atoms with Gasteiger partial charge in [-0.15, -0.1) is 0 Å². The zero-order chi connectivity index (χ0) is 19.6. The summed E-state index contributed by atoms with van der Waals surface area (Å²) in [5, 5.41) is 1.15. The van der Waals surface area contributed by atoms with Crippen molar-refractivity contribution in [3.63, 3.8) is 0 Å². The highest BCUT2D eigenvalue weighted by Crippen LogP contribution is 2.31. The summed E-state index contributed by atoms with van der Waals surface area (Å²) < 4.78 is 0. The van der Waals surface area contributed by atoms with Gasteiger partial charge >= 0.3 is 0 Å².